The largest absolute Gasteiger partial charge is 0.497 e. The standard InChI is InChI=1S/C16H25N3O/c1-12-10-15(12)19-16(17-2)18-9-5-7-13-6-4-8-14(11-13)20-3/h4,6,8,11-12,15H,5,7,9-10H2,1-3H3,(H2,17,18,19). The van der Waals surface area contributed by atoms with Crippen molar-refractivity contribution in [1.29, 1.82) is 0 Å². The molecular weight excluding hydrogens is 250 g/mol. The van der Waals surface area contributed by atoms with Gasteiger partial charge in [0.2, 0.25) is 0 Å². The number of nitrogens with one attached hydrogen (secondary N) is 2. The fourth-order valence-corrected chi connectivity index (χ4v) is 2.22. The third-order valence-electron chi connectivity index (χ3n) is 3.72. The lowest BCUT2D eigenvalue weighted by Gasteiger charge is -2.11. The minimum atomic E-state index is 0.611. The summed E-state index contributed by atoms with van der Waals surface area (Å²) in [7, 11) is 3.53. The van der Waals surface area contributed by atoms with Crippen molar-refractivity contribution >= 4 is 5.96 Å². The second-order valence-electron chi connectivity index (χ2n) is 5.42. The molecule has 2 rings (SSSR count). The van der Waals surface area contributed by atoms with E-state index in [0.29, 0.717) is 6.04 Å². The summed E-state index contributed by atoms with van der Waals surface area (Å²) < 4.78 is 5.23. The van der Waals surface area contributed by atoms with E-state index in [4.69, 9.17) is 4.74 Å². The molecule has 2 atom stereocenters. The lowest BCUT2D eigenvalue weighted by atomic mass is 10.1. The maximum Gasteiger partial charge on any atom is 0.191 e. The van der Waals surface area contributed by atoms with Crippen molar-refractivity contribution in [3.8, 4) is 5.75 Å². The van der Waals surface area contributed by atoms with Gasteiger partial charge in [-0.3, -0.25) is 4.99 Å². The lowest BCUT2D eigenvalue weighted by molar-refractivity contribution is 0.414. The molecule has 0 aromatic heterocycles. The highest BCUT2D eigenvalue weighted by molar-refractivity contribution is 5.80. The molecule has 2 unspecified atom stereocenters. The van der Waals surface area contributed by atoms with Gasteiger partial charge in [-0.1, -0.05) is 19.1 Å². The molecule has 0 heterocycles. The van der Waals surface area contributed by atoms with Crippen molar-refractivity contribution in [2.24, 2.45) is 10.9 Å². The van der Waals surface area contributed by atoms with Crippen molar-refractivity contribution in [3.63, 3.8) is 0 Å². The SMILES string of the molecule is CN=C(NCCCc1cccc(OC)c1)NC1CC1C. The number of nitrogens with zero attached hydrogens (tertiary/aromatic N) is 1. The van der Waals surface area contributed by atoms with Crippen LogP contribution >= 0.6 is 0 Å². The number of benzene rings is 1. The van der Waals surface area contributed by atoms with E-state index < -0.39 is 0 Å². The van der Waals surface area contributed by atoms with Gasteiger partial charge in [-0.05, 0) is 42.9 Å². The van der Waals surface area contributed by atoms with Crippen LogP contribution < -0.4 is 15.4 Å². The van der Waals surface area contributed by atoms with Gasteiger partial charge in [-0.2, -0.15) is 0 Å². The van der Waals surface area contributed by atoms with Crippen LogP contribution in [-0.4, -0.2) is 32.7 Å². The first-order valence-corrected chi connectivity index (χ1v) is 7.33. The molecule has 0 radical (unpaired) electrons. The first-order chi connectivity index (χ1) is 9.72. The van der Waals surface area contributed by atoms with Crippen LogP contribution in [0.3, 0.4) is 0 Å². The van der Waals surface area contributed by atoms with Crippen LogP contribution in [0.5, 0.6) is 5.75 Å². The van der Waals surface area contributed by atoms with Crippen LogP contribution in [0, 0.1) is 5.92 Å². The van der Waals surface area contributed by atoms with Crippen molar-refractivity contribution in [2.45, 2.75) is 32.2 Å². The summed E-state index contributed by atoms with van der Waals surface area (Å²) in [6.45, 7) is 3.19. The Kier molecular flexibility index (Phi) is 5.27. The molecule has 1 aliphatic rings. The fraction of sp³-hybridized carbons (Fsp3) is 0.562. The van der Waals surface area contributed by atoms with Crippen molar-refractivity contribution < 1.29 is 4.74 Å². The molecule has 4 heteroatoms. The number of ether oxygens (including phenoxy) is 1. The van der Waals surface area contributed by atoms with Crippen LogP contribution in [0.25, 0.3) is 0 Å². The smallest absolute Gasteiger partial charge is 0.191 e. The molecule has 1 fully saturated rings. The van der Waals surface area contributed by atoms with Crippen molar-refractivity contribution in [3.05, 3.63) is 29.8 Å². The minimum Gasteiger partial charge on any atom is -0.497 e. The van der Waals surface area contributed by atoms with Gasteiger partial charge in [-0.15, -0.1) is 0 Å². The predicted molar refractivity (Wildman–Crippen MR) is 83.4 cm³/mol. The zero-order valence-electron chi connectivity index (χ0n) is 12.6. The Hall–Kier alpha value is -1.71. The van der Waals surface area contributed by atoms with Gasteiger partial charge >= 0.3 is 0 Å². The number of methoxy groups -OCH3 is 1. The van der Waals surface area contributed by atoms with E-state index in [1.807, 2.05) is 19.2 Å². The Morgan fingerprint density at radius 3 is 2.90 bits per heavy atom. The molecular formula is C16H25N3O. The number of aryl methyl sites for hydroxylation is 1. The molecule has 1 aromatic rings. The average molecular weight is 275 g/mol. The highest BCUT2D eigenvalue weighted by atomic mass is 16.5. The predicted octanol–water partition coefficient (Wildman–Crippen LogP) is 2.20. The summed E-state index contributed by atoms with van der Waals surface area (Å²) in [5.41, 5.74) is 1.31. The zero-order valence-corrected chi connectivity index (χ0v) is 12.6. The van der Waals surface area contributed by atoms with Gasteiger partial charge in [-0.25, -0.2) is 0 Å². The molecule has 0 saturated heterocycles. The van der Waals surface area contributed by atoms with Gasteiger partial charge in [0.05, 0.1) is 7.11 Å². The maximum atomic E-state index is 5.23. The van der Waals surface area contributed by atoms with E-state index in [1.165, 1.54) is 12.0 Å². The average Bonchev–Trinajstić information content (AvgIpc) is 3.17. The van der Waals surface area contributed by atoms with E-state index in [0.717, 1.165) is 37.0 Å². The Bertz CT molecular complexity index is 459. The lowest BCUT2D eigenvalue weighted by Crippen LogP contribution is -2.39. The van der Waals surface area contributed by atoms with Gasteiger partial charge in [0.25, 0.3) is 0 Å². The maximum absolute atomic E-state index is 5.23. The second kappa shape index (κ2) is 7.17. The molecule has 1 aliphatic carbocycles. The van der Waals surface area contributed by atoms with Crippen LogP contribution in [0.15, 0.2) is 29.3 Å². The summed E-state index contributed by atoms with van der Waals surface area (Å²) in [4.78, 5) is 4.25. The Balaban J connectivity index is 1.67. The summed E-state index contributed by atoms with van der Waals surface area (Å²) in [5.74, 6) is 2.63. The highest BCUT2D eigenvalue weighted by Gasteiger charge is 2.33. The molecule has 0 aliphatic heterocycles. The summed E-state index contributed by atoms with van der Waals surface area (Å²) in [5, 5.41) is 6.79. The summed E-state index contributed by atoms with van der Waals surface area (Å²) >= 11 is 0. The van der Waals surface area contributed by atoms with E-state index >= 15 is 0 Å². The van der Waals surface area contributed by atoms with Gasteiger partial charge in [0.1, 0.15) is 5.75 Å². The Morgan fingerprint density at radius 1 is 1.45 bits per heavy atom. The van der Waals surface area contributed by atoms with Gasteiger partial charge in [0.15, 0.2) is 5.96 Å². The van der Waals surface area contributed by atoms with Crippen LogP contribution in [0.1, 0.15) is 25.3 Å². The highest BCUT2D eigenvalue weighted by Crippen LogP contribution is 2.28. The number of guanidine groups is 1. The van der Waals surface area contributed by atoms with Crippen molar-refractivity contribution in [1.82, 2.24) is 10.6 Å². The number of aliphatic imine (C=N–C) groups is 1. The van der Waals surface area contributed by atoms with E-state index in [1.54, 1.807) is 7.11 Å². The molecule has 20 heavy (non-hydrogen) atoms. The fourth-order valence-electron chi connectivity index (χ4n) is 2.22. The third kappa shape index (κ3) is 4.44. The van der Waals surface area contributed by atoms with Crippen LogP contribution in [0.2, 0.25) is 0 Å². The Labute approximate surface area is 121 Å². The van der Waals surface area contributed by atoms with Crippen LogP contribution in [-0.2, 0) is 6.42 Å². The molecule has 0 spiro atoms. The molecule has 0 bridgehead atoms. The van der Waals surface area contributed by atoms with E-state index in [-0.39, 0.29) is 0 Å². The molecule has 4 nitrogen and oxygen atoms in total. The first kappa shape index (κ1) is 14.7. The molecule has 2 N–H and O–H groups in total. The normalized spacial score (nSPS) is 21.4. The monoisotopic (exact) mass is 275 g/mol. The number of rotatable bonds is 6. The zero-order chi connectivity index (χ0) is 14.4. The van der Waals surface area contributed by atoms with E-state index in [2.05, 4.69) is 34.7 Å². The minimum absolute atomic E-state index is 0.611. The van der Waals surface area contributed by atoms with Crippen LogP contribution in [0.4, 0.5) is 0 Å². The van der Waals surface area contributed by atoms with Crippen molar-refractivity contribution in [2.75, 3.05) is 20.7 Å². The Morgan fingerprint density at radius 2 is 2.25 bits per heavy atom. The quantitative estimate of drug-likeness (QED) is 0.475. The summed E-state index contributed by atoms with van der Waals surface area (Å²) in [6.07, 6.45) is 3.37. The second-order valence-corrected chi connectivity index (χ2v) is 5.42. The third-order valence-corrected chi connectivity index (χ3v) is 3.72. The first-order valence-electron chi connectivity index (χ1n) is 7.33. The van der Waals surface area contributed by atoms with E-state index in [9.17, 15) is 0 Å². The number of hydrogen-bond acceptors (Lipinski definition) is 2. The van der Waals surface area contributed by atoms with Gasteiger partial charge in [0, 0.05) is 19.6 Å². The molecule has 110 valence electrons. The molecule has 1 saturated carbocycles. The van der Waals surface area contributed by atoms with Gasteiger partial charge < -0.3 is 15.4 Å². The molecule has 0 amide bonds. The number of hydrogen-bond donors (Lipinski definition) is 2. The molecule has 1 aromatic carbocycles. The topological polar surface area (TPSA) is 45.7 Å². The summed E-state index contributed by atoms with van der Waals surface area (Å²) in [6, 6.07) is 8.86.